The largest absolute Gasteiger partial charge is 0.356 e. The lowest BCUT2D eigenvalue weighted by molar-refractivity contribution is 0.111. The van der Waals surface area contributed by atoms with Crippen molar-refractivity contribution in [2.75, 3.05) is 0 Å². The van der Waals surface area contributed by atoms with Gasteiger partial charge < -0.3 is 4.98 Å². The molecule has 0 aliphatic heterocycles. The van der Waals surface area contributed by atoms with Gasteiger partial charge in [-0.3, -0.25) is 4.79 Å². The second-order valence-corrected chi connectivity index (χ2v) is 3.41. The molecular formula is C10H13NO. The minimum atomic E-state index is 0.738. The number of aromatic nitrogens is 1. The Bertz CT molecular complexity index is 265. The van der Waals surface area contributed by atoms with Crippen molar-refractivity contribution in [2.45, 2.75) is 32.1 Å². The van der Waals surface area contributed by atoms with Crippen LogP contribution in [0.4, 0.5) is 0 Å². The molecule has 0 fully saturated rings. The van der Waals surface area contributed by atoms with E-state index in [1.54, 1.807) is 0 Å². The molecule has 0 bridgehead atoms. The monoisotopic (exact) mass is 163 g/mol. The molecule has 64 valence electrons. The van der Waals surface area contributed by atoms with Crippen molar-refractivity contribution in [3.63, 3.8) is 0 Å². The molecule has 1 heterocycles. The van der Waals surface area contributed by atoms with E-state index in [1.165, 1.54) is 30.5 Å². The van der Waals surface area contributed by atoms with Crippen LogP contribution in [0.15, 0.2) is 6.07 Å². The van der Waals surface area contributed by atoms with Gasteiger partial charge in [-0.1, -0.05) is 6.42 Å². The maximum atomic E-state index is 10.5. The summed E-state index contributed by atoms with van der Waals surface area (Å²) in [6.45, 7) is 0. The van der Waals surface area contributed by atoms with Crippen LogP contribution < -0.4 is 0 Å². The Morgan fingerprint density at radius 1 is 1.25 bits per heavy atom. The van der Waals surface area contributed by atoms with Crippen LogP contribution in [0.5, 0.6) is 0 Å². The molecule has 0 aromatic carbocycles. The topological polar surface area (TPSA) is 32.9 Å². The normalized spacial score (nSPS) is 16.7. The Balaban J connectivity index is 2.32. The van der Waals surface area contributed by atoms with Gasteiger partial charge in [0.15, 0.2) is 6.29 Å². The predicted molar refractivity (Wildman–Crippen MR) is 47.4 cm³/mol. The second-order valence-electron chi connectivity index (χ2n) is 3.41. The first-order valence-corrected chi connectivity index (χ1v) is 4.56. The molecule has 0 saturated heterocycles. The average molecular weight is 163 g/mol. The number of H-pyrrole nitrogens is 1. The van der Waals surface area contributed by atoms with Gasteiger partial charge in [0, 0.05) is 5.69 Å². The van der Waals surface area contributed by atoms with Crippen molar-refractivity contribution >= 4 is 6.29 Å². The lowest BCUT2D eigenvalue weighted by atomic mass is 10.1. The second kappa shape index (κ2) is 3.13. The third-order valence-electron chi connectivity index (χ3n) is 2.51. The van der Waals surface area contributed by atoms with Crippen LogP contribution in [0.25, 0.3) is 0 Å². The van der Waals surface area contributed by atoms with Gasteiger partial charge in [-0.15, -0.1) is 0 Å². The van der Waals surface area contributed by atoms with E-state index in [1.807, 2.05) is 6.07 Å². The average Bonchev–Trinajstić information content (AvgIpc) is 2.37. The molecule has 0 radical (unpaired) electrons. The van der Waals surface area contributed by atoms with Crippen LogP contribution >= 0.6 is 0 Å². The number of hydrogen-bond acceptors (Lipinski definition) is 1. The van der Waals surface area contributed by atoms with Gasteiger partial charge in [-0.2, -0.15) is 0 Å². The van der Waals surface area contributed by atoms with Crippen molar-refractivity contribution < 1.29 is 4.79 Å². The Morgan fingerprint density at radius 2 is 2.08 bits per heavy atom. The van der Waals surface area contributed by atoms with Crippen molar-refractivity contribution in [3.8, 4) is 0 Å². The number of fused-ring (bicyclic) bond motifs is 1. The fraction of sp³-hybridized carbons (Fsp3) is 0.500. The van der Waals surface area contributed by atoms with E-state index in [0.717, 1.165) is 24.8 Å². The van der Waals surface area contributed by atoms with Crippen LogP contribution in [0.3, 0.4) is 0 Å². The van der Waals surface area contributed by atoms with Gasteiger partial charge in [0.05, 0.1) is 5.69 Å². The molecule has 0 amide bonds. The fourth-order valence-electron chi connectivity index (χ4n) is 1.87. The van der Waals surface area contributed by atoms with Crippen molar-refractivity contribution in [2.24, 2.45) is 0 Å². The zero-order valence-corrected chi connectivity index (χ0v) is 7.10. The minimum Gasteiger partial charge on any atom is -0.356 e. The molecule has 1 aliphatic rings. The summed E-state index contributed by atoms with van der Waals surface area (Å²) < 4.78 is 0. The Morgan fingerprint density at radius 3 is 2.92 bits per heavy atom. The Hall–Kier alpha value is -1.05. The minimum absolute atomic E-state index is 0.738. The van der Waals surface area contributed by atoms with Gasteiger partial charge >= 0.3 is 0 Å². The van der Waals surface area contributed by atoms with E-state index in [-0.39, 0.29) is 0 Å². The summed E-state index contributed by atoms with van der Waals surface area (Å²) >= 11 is 0. The number of nitrogens with one attached hydrogen (secondary N) is 1. The zero-order valence-electron chi connectivity index (χ0n) is 7.10. The van der Waals surface area contributed by atoms with Crippen LogP contribution in [-0.4, -0.2) is 11.3 Å². The molecule has 1 aromatic heterocycles. The van der Waals surface area contributed by atoms with Gasteiger partial charge in [0.2, 0.25) is 0 Å². The first kappa shape index (κ1) is 7.59. The van der Waals surface area contributed by atoms with Crippen molar-refractivity contribution in [3.05, 3.63) is 23.0 Å². The van der Waals surface area contributed by atoms with E-state index in [4.69, 9.17) is 0 Å². The zero-order chi connectivity index (χ0) is 8.39. The van der Waals surface area contributed by atoms with Crippen LogP contribution in [-0.2, 0) is 12.8 Å². The fourth-order valence-corrected chi connectivity index (χ4v) is 1.87. The number of hydrogen-bond donors (Lipinski definition) is 1. The quantitative estimate of drug-likeness (QED) is 0.499. The molecule has 2 nitrogen and oxygen atoms in total. The highest BCUT2D eigenvalue weighted by atomic mass is 16.1. The maximum absolute atomic E-state index is 10.5. The van der Waals surface area contributed by atoms with E-state index in [0.29, 0.717) is 0 Å². The lowest BCUT2D eigenvalue weighted by Gasteiger charge is -1.93. The molecule has 0 atom stereocenters. The maximum Gasteiger partial charge on any atom is 0.166 e. The first-order chi connectivity index (χ1) is 5.90. The molecule has 1 aromatic rings. The SMILES string of the molecule is O=Cc1cc2c([nH]1)CCCCC2. The van der Waals surface area contributed by atoms with Crippen LogP contribution in [0, 0.1) is 0 Å². The molecule has 12 heavy (non-hydrogen) atoms. The number of aromatic amines is 1. The number of carbonyl (C=O) groups excluding carboxylic acids is 1. The lowest BCUT2D eigenvalue weighted by Crippen LogP contribution is -1.86. The molecule has 0 unspecified atom stereocenters. The van der Waals surface area contributed by atoms with Gasteiger partial charge in [-0.05, 0) is 37.3 Å². The van der Waals surface area contributed by atoms with Crippen molar-refractivity contribution in [1.82, 2.24) is 4.98 Å². The highest BCUT2D eigenvalue weighted by Gasteiger charge is 2.10. The Kier molecular flexibility index (Phi) is 1.98. The summed E-state index contributed by atoms with van der Waals surface area (Å²) in [5, 5.41) is 0. The van der Waals surface area contributed by atoms with Crippen molar-refractivity contribution in [1.29, 1.82) is 0 Å². The molecule has 1 N–H and O–H groups in total. The highest BCUT2D eigenvalue weighted by Crippen LogP contribution is 2.20. The summed E-state index contributed by atoms with van der Waals surface area (Å²) in [7, 11) is 0. The summed E-state index contributed by atoms with van der Waals surface area (Å²) in [4.78, 5) is 13.6. The summed E-state index contributed by atoms with van der Waals surface area (Å²) in [5.41, 5.74) is 3.38. The van der Waals surface area contributed by atoms with Crippen LogP contribution in [0.1, 0.15) is 41.0 Å². The van der Waals surface area contributed by atoms with E-state index in [2.05, 4.69) is 4.98 Å². The predicted octanol–water partition coefficient (Wildman–Crippen LogP) is 2.10. The third kappa shape index (κ3) is 1.29. The standard InChI is InChI=1S/C10H13NO/c12-7-9-6-8-4-2-1-3-5-10(8)11-9/h6-7,11H,1-5H2. The molecule has 2 rings (SSSR count). The molecule has 2 heteroatoms. The smallest absolute Gasteiger partial charge is 0.166 e. The molecule has 0 saturated carbocycles. The van der Waals surface area contributed by atoms with E-state index < -0.39 is 0 Å². The summed E-state index contributed by atoms with van der Waals surface area (Å²) in [6.07, 6.45) is 6.99. The van der Waals surface area contributed by atoms with Gasteiger partial charge in [-0.25, -0.2) is 0 Å². The third-order valence-corrected chi connectivity index (χ3v) is 2.51. The summed E-state index contributed by atoms with van der Waals surface area (Å²) in [6, 6.07) is 1.99. The van der Waals surface area contributed by atoms with Gasteiger partial charge in [0.1, 0.15) is 0 Å². The molecular weight excluding hydrogens is 150 g/mol. The molecule has 0 spiro atoms. The number of rotatable bonds is 1. The number of aldehydes is 1. The Labute approximate surface area is 72.0 Å². The van der Waals surface area contributed by atoms with E-state index >= 15 is 0 Å². The first-order valence-electron chi connectivity index (χ1n) is 4.56. The number of aryl methyl sites for hydroxylation is 2. The highest BCUT2D eigenvalue weighted by molar-refractivity contribution is 5.72. The van der Waals surface area contributed by atoms with Crippen LogP contribution in [0.2, 0.25) is 0 Å². The summed E-state index contributed by atoms with van der Waals surface area (Å²) in [5.74, 6) is 0. The number of carbonyl (C=O) groups is 1. The van der Waals surface area contributed by atoms with E-state index in [9.17, 15) is 4.79 Å². The molecule has 1 aliphatic carbocycles. The van der Waals surface area contributed by atoms with Gasteiger partial charge in [0.25, 0.3) is 0 Å².